The molecule has 0 amide bonds. The molecule has 0 radical (unpaired) electrons. The molecule has 24 heavy (non-hydrogen) atoms. The van der Waals surface area contributed by atoms with Crippen LogP contribution in [-0.2, 0) is 6.54 Å². The Morgan fingerprint density at radius 1 is 1.25 bits per heavy atom. The molecular weight excluding hydrogens is 320 g/mol. The maximum absolute atomic E-state index is 5.90. The van der Waals surface area contributed by atoms with Gasteiger partial charge in [-0.3, -0.25) is 4.99 Å². The molecule has 1 aromatic rings. The van der Waals surface area contributed by atoms with Gasteiger partial charge in [0, 0.05) is 31.7 Å². The van der Waals surface area contributed by atoms with Gasteiger partial charge in [-0.1, -0.05) is 30.7 Å². The number of guanidine groups is 1. The van der Waals surface area contributed by atoms with Crippen molar-refractivity contribution in [1.29, 1.82) is 0 Å². The Kier molecular flexibility index (Phi) is 8.40. The van der Waals surface area contributed by atoms with Crippen LogP contribution in [0, 0.1) is 5.92 Å². The van der Waals surface area contributed by atoms with E-state index in [9.17, 15) is 0 Å². The van der Waals surface area contributed by atoms with Crippen molar-refractivity contribution in [2.75, 3.05) is 33.2 Å². The third-order valence-electron chi connectivity index (χ3n) is 4.53. The van der Waals surface area contributed by atoms with Crippen molar-refractivity contribution in [3.8, 4) is 0 Å². The zero-order chi connectivity index (χ0) is 17.2. The highest BCUT2D eigenvalue weighted by Crippen LogP contribution is 2.15. The van der Waals surface area contributed by atoms with E-state index in [1.54, 1.807) is 0 Å². The van der Waals surface area contributed by atoms with Crippen LogP contribution in [0.4, 0.5) is 0 Å². The third kappa shape index (κ3) is 7.10. The number of benzene rings is 1. The summed E-state index contributed by atoms with van der Waals surface area (Å²) in [7, 11) is 1.81. The highest BCUT2D eigenvalue weighted by atomic mass is 35.5. The Balaban J connectivity index is 1.57. The van der Waals surface area contributed by atoms with Crippen LogP contribution in [0.5, 0.6) is 0 Å². The van der Waals surface area contributed by atoms with Gasteiger partial charge < -0.3 is 15.5 Å². The Morgan fingerprint density at radius 2 is 2.04 bits per heavy atom. The molecule has 5 heteroatoms. The molecule has 2 rings (SSSR count). The molecule has 0 spiro atoms. The average molecular weight is 351 g/mol. The second kappa shape index (κ2) is 10.6. The van der Waals surface area contributed by atoms with Crippen molar-refractivity contribution in [3.05, 3.63) is 34.9 Å². The molecule has 1 saturated heterocycles. The van der Waals surface area contributed by atoms with E-state index in [0.717, 1.165) is 30.0 Å². The van der Waals surface area contributed by atoms with Crippen LogP contribution in [0.15, 0.2) is 29.3 Å². The quantitative estimate of drug-likeness (QED) is 0.449. The second-order valence-corrected chi connectivity index (χ2v) is 7.17. The number of piperidine rings is 1. The number of hydrogen-bond acceptors (Lipinski definition) is 2. The summed E-state index contributed by atoms with van der Waals surface area (Å²) in [6.45, 7) is 7.86. The molecule has 0 bridgehead atoms. The largest absolute Gasteiger partial charge is 0.356 e. The molecule has 1 heterocycles. The number of rotatable bonds is 7. The Bertz CT molecular complexity index is 501. The minimum Gasteiger partial charge on any atom is -0.356 e. The van der Waals surface area contributed by atoms with Crippen molar-refractivity contribution in [3.63, 3.8) is 0 Å². The van der Waals surface area contributed by atoms with Gasteiger partial charge in [-0.2, -0.15) is 0 Å². The lowest BCUT2D eigenvalue weighted by Gasteiger charge is -2.30. The summed E-state index contributed by atoms with van der Waals surface area (Å²) >= 11 is 5.90. The summed E-state index contributed by atoms with van der Waals surface area (Å²) in [5.41, 5.74) is 1.20. The van der Waals surface area contributed by atoms with Gasteiger partial charge in [0.25, 0.3) is 0 Å². The summed E-state index contributed by atoms with van der Waals surface area (Å²) < 4.78 is 0. The van der Waals surface area contributed by atoms with Crippen molar-refractivity contribution >= 4 is 17.6 Å². The van der Waals surface area contributed by atoms with Crippen LogP contribution in [-0.4, -0.2) is 44.1 Å². The second-order valence-electron chi connectivity index (χ2n) is 6.73. The Hall–Kier alpha value is -1.26. The fraction of sp³-hybridized carbons (Fsp3) is 0.632. The van der Waals surface area contributed by atoms with Crippen LogP contribution in [0.2, 0.25) is 5.02 Å². The third-order valence-corrected chi connectivity index (χ3v) is 4.78. The van der Waals surface area contributed by atoms with E-state index in [-0.39, 0.29) is 0 Å². The average Bonchev–Trinajstić information content (AvgIpc) is 2.59. The number of halogens is 1. The van der Waals surface area contributed by atoms with Gasteiger partial charge in [-0.15, -0.1) is 0 Å². The topological polar surface area (TPSA) is 39.7 Å². The number of hydrogen-bond donors (Lipinski definition) is 2. The molecule has 0 saturated carbocycles. The highest BCUT2D eigenvalue weighted by Gasteiger charge is 2.15. The lowest BCUT2D eigenvalue weighted by molar-refractivity contribution is 0.181. The minimum atomic E-state index is 0.752. The highest BCUT2D eigenvalue weighted by molar-refractivity contribution is 6.30. The van der Waals surface area contributed by atoms with Gasteiger partial charge in [0.1, 0.15) is 0 Å². The summed E-state index contributed by atoms with van der Waals surface area (Å²) in [6, 6.07) is 7.89. The summed E-state index contributed by atoms with van der Waals surface area (Å²) in [4.78, 5) is 6.89. The zero-order valence-corrected chi connectivity index (χ0v) is 15.8. The first-order valence-electron chi connectivity index (χ1n) is 9.08. The maximum Gasteiger partial charge on any atom is 0.191 e. The monoisotopic (exact) mass is 350 g/mol. The molecule has 1 aliphatic heterocycles. The van der Waals surface area contributed by atoms with E-state index in [1.165, 1.54) is 50.9 Å². The maximum atomic E-state index is 5.90. The first-order chi connectivity index (χ1) is 11.7. The van der Waals surface area contributed by atoms with Crippen molar-refractivity contribution in [2.45, 2.75) is 39.2 Å². The molecule has 2 N–H and O–H groups in total. The molecule has 1 aromatic carbocycles. The summed E-state index contributed by atoms with van der Waals surface area (Å²) in [6.07, 6.45) is 5.18. The summed E-state index contributed by atoms with van der Waals surface area (Å²) in [5.74, 6) is 1.73. The number of aliphatic imine (C=N–C) groups is 1. The lowest BCUT2D eigenvalue weighted by Crippen LogP contribution is -2.38. The molecule has 134 valence electrons. The normalized spacial score (nSPS) is 19.3. The molecule has 1 fully saturated rings. The SMILES string of the molecule is CN=C(NCCCCN1CCCC(C)C1)NCc1ccc(Cl)cc1. The molecular formula is C19H31ClN4. The van der Waals surface area contributed by atoms with E-state index >= 15 is 0 Å². The van der Waals surface area contributed by atoms with Gasteiger partial charge in [-0.25, -0.2) is 0 Å². The van der Waals surface area contributed by atoms with Gasteiger partial charge >= 0.3 is 0 Å². The molecule has 0 aliphatic carbocycles. The smallest absolute Gasteiger partial charge is 0.191 e. The van der Waals surface area contributed by atoms with Crippen molar-refractivity contribution in [2.24, 2.45) is 10.9 Å². The van der Waals surface area contributed by atoms with Crippen molar-refractivity contribution in [1.82, 2.24) is 15.5 Å². The Morgan fingerprint density at radius 3 is 2.75 bits per heavy atom. The van der Waals surface area contributed by atoms with Gasteiger partial charge in [0.2, 0.25) is 0 Å². The molecule has 1 unspecified atom stereocenters. The van der Waals surface area contributed by atoms with E-state index < -0.39 is 0 Å². The molecule has 0 aromatic heterocycles. The van der Waals surface area contributed by atoms with E-state index in [0.29, 0.717) is 0 Å². The lowest BCUT2D eigenvalue weighted by atomic mass is 10.0. The van der Waals surface area contributed by atoms with Crippen LogP contribution >= 0.6 is 11.6 Å². The minimum absolute atomic E-state index is 0.752. The first-order valence-corrected chi connectivity index (χ1v) is 9.46. The zero-order valence-electron chi connectivity index (χ0n) is 15.0. The van der Waals surface area contributed by atoms with E-state index in [2.05, 4.69) is 27.4 Å². The van der Waals surface area contributed by atoms with Crippen LogP contribution < -0.4 is 10.6 Å². The number of unbranched alkanes of at least 4 members (excludes halogenated alkanes) is 1. The number of nitrogens with one attached hydrogen (secondary N) is 2. The fourth-order valence-corrected chi connectivity index (χ4v) is 3.29. The predicted molar refractivity (Wildman–Crippen MR) is 104 cm³/mol. The van der Waals surface area contributed by atoms with Gasteiger partial charge in [0.05, 0.1) is 0 Å². The first kappa shape index (κ1) is 19.1. The van der Waals surface area contributed by atoms with Crippen LogP contribution in [0.3, 0.4) is 0 Å². The van der Waals surface area contributed by atoms with Crippen LogP contribution in [0.25, 0.3) is 0 Å². The van der Waals surface area contributed by atoms with E-state index in [4.69, 9.17) is 11.6 Å². The van der Waals surface area contributed by atoms with Crippen molar-refractivity contribution < 1.29 is 0 Å². The Labute approximate surface area is 151 Å². The van der Waals surface area contributed by atoms with E-state index in [1.807, 2.05) is 31.3 Å². The van der Waals surface area contributed by atoms with Gasteiger partial charge in [-0.05, 0) is 62.4 Å². The summed E-state index contributed by atoms with van der Waals surface area (Å²) in [5, 5.41) is 7.50. The molecule has 1 aliphatic rings. The van der Waals surface area contributed by atoms with Gasteiger partial charge in [0.15, 0.2) is 5.96 Å². The molecule has 4 nitrogen and oxygen atoms in total. The standard InChI is InChI=1S/C19H31ClN4/c1-16-6-5-13-24(15-16)12-4-3-11-22-19(21-2)23-14-17-7-9-18(20)10-8-17/h7-10,16H,3-6,11-15H2,1-2H3,(H2,21,22,23). The van der Waals surface area contributed by atoms with Crippen LogP contribution in [0.1, 0.15) is 38.2 Å². The number of nitrogens with zero attached hydrogens (tertiary/aromatic N) is 2. The predicted octanol–water partition coefficient (Wildman–Crippen LogP) is 3.52. The number of likely N-dealkylation sites (tertiary alicyclic amines) is 1. The fourth-order valence-electron chi connectivity index (χ4n) is 3.17. The molecule has 1 atom stereocenters.